The van der Waals surface area contributed by atoms with E-state index in [0.717, 1.165) is 29.9 Å². The molecule has 2 aromatic carbocycles. The van der Waals surface area contributed by atoms with Gasteiger partial charge in [-0.15, -0.1) is 11.8 Å². The van der Waals surface area contributed by atoms with Crippen LogP contribution < -0.4 is 5.32 Å². The normalized spacial score (nSPS) is 15.5. The minimum Gasteiger partial charge on any atom is -0.452 e. The number of nitrogens with zero attached hydrogens (tertiary/aromatic N) is 1. The molecule has 1 fully saturated rings. The maximum Gasteiger partial charge on any atom is 0.339 e. The maximum absolute atomic E-state index is 12.4. The monoisotopic (exact) mass is 410 g/mol. The molecule has 1 N–H and O–H groups in total. The number of hydrogen-bond acceptors (Lipinski definition) is 6. The minimum atomic E-state index is -0.528. The summed E-state index contributed by atoms with van der Waals surface area (Å²) in [6.45, 7) is 0.847. The number of ether oxygens (including phenoxy) is 2. The third kappa shape index (κ3) is 6.34. The summed E-state index contributed by atoms with van der Waals surface area (Å²) in [5.74, 6) is -0.213. The zero-order valence-corrected chi connectivity index (χ0v) is 16.7. The molecule has 1 amide bonds. The summed E-state index contributed by atoms with van der Waals surface area (Å²) in [6, 6.07) is 16.6. The number of rotatable bonds is 8. The predicted octanol–water partition coefficient (Wildman–Crippen LogP) is 3.30. The fourth-order valence-corrected chi connectivity index (χ4v) is 3.89. The Morgan fingerprint density at radius 3 is 2.72 bits per heavy atom. The second-order valence-electron chi connectivity index (χ2n) is 6.61. The summed E-state index contributed by atoms with van der Waals surface area (Å²) in [6.07, 6.45) is 1.99. The van der Waals surface area contributed by atoms with Gasteiger partial charge in [0, 0.05) is 23.8 Å². The van der Waals surface area contributed by atoms with E-state index in [2.05, 4.69) is 11.4 Å². The Hall–Kier alpha value is -2.82. The van der Waals surface area contributed by atoms with Gasteiger partial charge in [0.2, 0.25) is 0 Å². The Labute approximate surface area is 174 Å². The van der Waals surface area contributed by atoms with Crippen LogP contribution >= 0.6 is 11.8 Å². The molecule has 1 heterocycles. The molecular formula is C22H22N2O4S. The van der Waals surface area contributed by atoms with E-state index in [1.54, 1.807) is 24.3 Å². The number of hydrogen-bond donors (Lipinski definition) is 1. The molecule has 0 spiro atoms. The van der Waals surface area contributed by atoms with Crippen LogP contribution in [0.15, 0.2) is 53.4 Å². The summed E-state index contributed by atoms with van der Waals surface area (Å²) >= 11 is 1.50. The van der Waals surface area contributed by atoms with E-state index in [4.69, 9.17) is 14.7 Å². The van der Waals surface area contributed by atoms with Gasteiger partial charge in [0.25, 0.3) is 5.91 Å². The second kappa shape index (κ2) is 10.6. The predicted molar refractivity (Wildman–Crippen MR) is 109 cm³/mol. The third-order valence-corrected chi connectivity index (χ3v) is 5.61. The van der Waals surface area contributed by atoms with Gasteiger partial charge in [0.1, 0.15) is 0 Å². The average Bonchev–Trinajstić information content (AvgIpc) is 3.29. The highest BCUT2D eigenvalue weighted by Gasteiger charge is 2.18. The number of nitriles is 1. The van der Waals surface area contributed by atoms with Gasteiger partial charge in [-0.2, -0.15) is 5.26 Å². The smallest absolute Gasteiger partial charge is 0.339 e. The quantitative estimate of drug-likeness (QED) is 0.531. The number of amides is 1. The van der Waals surface area contributed by atoms with Gasteiger partial charge in [-0.3, -0.25) is 4.79 Å². The Bertz CT molecular complexity index is 886. The molecule has 0 unspecified atom stereocenters. The molecule has 3 rings (SSSR count). The van der Waals surface area contributed by atoms with E-state index in [9.17, 15) is 9.59 Å². The number of thioether (sulfide) groups is 1. The van der Waals surface area contributed by atoms with Crippen LogP contribution in [0, 0.1) is 11.3 Å². The van der Waals surface area contributed by atoms with E-state index in [1.807, 2.05) is 24.3 Å². The average molecular weight is 410 g/mol. The molecule has 0 aliphatic carbocycles. The Balaban J connectivity index is 1.50. The van der Waals surface area contributed by atoms with E-state index in [0.29, 0.717) is 23.4 Å². The van der Waals surface area contributed by atoms with Gasteiger partial charge in [-0.05, 0) is 42.7 Å². The fraction of sp³-hybridized carbons (Fsp3) is 0.318. The molecule has 0 bridgehead atoms. The Kier molecular flexibility index (Phi) is 7.68. The van der Waals surface area contributed by atoms with Crippen molar-refractivity contribution < 1.29 is 19.1 Å². The third-order valence-electron chi connectivity index (χ3n) is 4.47. The topological polar surface area (TPSA) is 88.4 Å². The zero-order chi connectivity index (χ0) is 20.5. The molecule has 29 heavy (non-hydrogen) atoms. The van der Waals surface area contributed by atoms with Gasteiger partial charge in [0.05, 0.1) is 23.3 Å². The van der Waals surface area contributed by atoms with Crippen molar-refractivity contribution in [3.05, 3.63) is 65.2 Å². The van der Waals surface area contributed by atoms with Crippen LogP contribution in [-0.4, -0.2) is 37.7 Å². The molecular weight excluding hydrogens is 388 g/mol. The van der Waals surface area contributed by atoms with Crippen LogP contribution in [0.4, 0.5) is 0 Å². The lowest BCUT2D eigenvalue weighted by atomic mass is 10.2. The summed E-state index contributed by atoms with van der Waals surface area (Å²) in [5.41, 5.74) is 2.09. The van der Waals surface area contributed by atoms with Crippen LogP contribution in [0.25, 0.3) is 0 Å². The summed E-state index contributed by atoms with van der Waals surface area (Å²) < 4.78 is 10.6. The Morgan fingerprint density at radius 2 is 2.00 bits per heavy atom. The molecule has 1 aliphatic heterocycles. The number of nitrogens with one attached hydrogen (secondary N) is 1. The zero-order valence-electron chi connectivity index (χ0n) is 15.9. The lowest BCUT2D eigenvalue weighted by Gasteiger charge is -2.12. The largest absolute Gasteiger partial charge is 0.452 e. The van der Waals surface area contributed by atoms with Crippen molar-refractivity contribution in [3.8, 4) is 6.07 Å². The number of carbonyl (C=O) groups excluding carboxylic acids is 2. The van der Waals surface area contributed by atoms with Crippen LogP contribution in [0.2, 0.25) is 0 Å². The maximum atomic E-state index is 12.4. The first-order valence-electron chi connectivity index (χ1n) is 9.42. The summed E-state index contributed by atoms with van der Waals surface area (Å²) in [4.78, 5) is 25.1. The van der Waals surface area contributed by atoms with E-state index >= 15 is 0 Å². The molecule has 1 atom stereocenters. The highest BCUT2D eigenvalue weighted by atomic mass is 32.2. The van der Waals surface area contributed by atoms with Gasteiger partial charge in [-0.1, -0.05) is 24.3 Å². The highest BCUT2D eigenvalue weighted by Crippen LogP contribution is 2.27. The van der Waals surface area contributed by atoms with Gasteiger partial charge in [-0.25, -0.2) is 4.79 Å². The number of carbonyl (C=O) groups is 2. The molecule has 0 radical (unpaired) electrons. The van der Waals surface area contributed by atoms with Crippen molar-refractivity contribution in [2.75, 3.05) is 19.8 Å². The summed E-state index contributed by atoms with van der Waals surface area (Å²) in [5, 5.41) is 11.6. The molecule has 1 aliphatic rings. The fourth-order valence-electron chi connectivity index (χ4n) is 2.89. The molecule has 6 nitrogen and oxygen atoms in total. The molecule has 0 saturated carbocycles. The summed E-state index contributed by atoms with van der Waals surface area (Å²) in [7, 11) is 0. The second-order valence-corrected chi connectivity index (χ2v) is 7.63. The molecule has 2 aromatic rings. The standard InChI is InChI=1S/C22H22N2O4S/c23-12-16-7-9-17(10-8-16)15-29-20-6-2-1-5-19(20)22(26)28-14-21(25)24-13-18-4-3-11-27-18/h1-2,5-10,18H,3-4,11,13-15H2,(H,24,25)/t18-/m0/s1. The van der Waals surface area contributed by atoms with Crippen LogP contribution in [0.3, 0.4) is 0 Å². The first-order valence-corrected chi connectivity index (χ1v) is 10.4. The Morgan fingerprint density at radius 1 is 1.21 bits per heavy atom. The molecule has 7 heteroatoms. The minimum absolute atomic E-state index is 0.0500. The molecule has 0 aromatic heterocycles. The first-order chi connectivity index (χ1) is 14.2. The van der Waals surface area contributed by atoms with Crippen molar-refractivity contribution in [1.29, 1.82) is 5.26 Å². The first kappa shape index (κ1) is 20.9. The van der Waals surface area contributed by atoms with Crippen molar-refractivity contribution >= 4 is 23.6 Å². The van der Waals surface area contributed by atoms with Crippen molar-refractivity contribution in [3.63, 3.8) is 0 Å². The lowest BCUT2D eigenvalue weighted by Crippen LogP contribution is -2.34. The van der Waals surface area contributed by atoms with E-state index in [-0.39, 0.29) is 18.6 Å². The van der Waals surface area contributed by atoms with Crippen molar-refractivity contribution in [1.82, 2.24) is 5.32 Å². The van der Waals surface area contributed by atoms with Crippen molar-refractivity contribution in [2.45, 2.75) is 29.6 Å². The number of esters is 1. The van der Waals surface area contributed by atoms with Crippen molar-refractivity contribution in [2.24, 2.45) is 0 Å². The van der Waals surface area contributed by atoms with Crippen LogP contribution in [-0.2, 0) is 20.0 Å². The number of benzene rings is 2. The van der Waals surface area contributed by atoms with Gasteiger partial charge in [0.15, 0.2) is 6.61 Å². The molecule has 1 saturated heterocycles. The van der Waals surface area contributed by atoms with Crippen LogP contribution in [0.1, 0.15) is 34.3 Å². The lowest BCUT2D eigenvalue weighted by molar-refractivity contribution is -0.124. The molecule has 150 valence electrons. The van der Waals surface area contributed by atoms with E-state index < -0.39 is 5.97 Å². The highest BCUT2D eigenvalue weighted by molar-refractivity contribution is 7.98. The van der Waals surface area contributed by atoms with E-state index in [1.165, 1.54) is 11.8 Å². The van der Waals surface area contributed by atoms with Gasteiger partial charge >= 0.3 is 5.97 Å². The van der Waals surface area contributed by atoms with Gasteiger partial charge < -0.3 is 14.8 Å². The SMILES string of the molecule is N#Cc1ccc(CSc2ccccc2C(=O)OCC(=O)NC[C@@H]2CCCO2)cc1. The van der Waals surface area contributed by atoms with Crippen LogP contribution in [0.5, 0.6) is 0 Å².